The summed E-state index contributed by atoms with van der Waals surface area (Å²) in [6.07, 6.45) is 3.81. The van der Waals surface area contributed by atoms with Crippen molar-refractivity contribution in [1.29, 1.82) is 0 Å². The zero-order chi connectivity index (χ0) is 17.8. The predicted octanol–water partition coefficient (Wildman–Crippen LogP) is 3.52. The summed E-state index contributed by atoms with van der Waals surface area (Å²) in [6, 6.07) is 16.5. The second-order valence-electron chi connectivity index (χ2n) is 6.65. The number of hydrogen-bond acceptors (Lipinski definition) is 5. The summed E-state index contributed by atoms with van der Waals surface area (Å²) in [5.41, 5.74) is 3.74. The molecule has 2 aromatic heterocycles. The maximum Gasteiger partial charge on any atom is 0.138 e. The minimum absolute atomic E-state index is 0.798. The molecule has 0 atom stereocenters. The number of rotatable bonds is 5. The Balaban J connectivity index is 1.48. The normalized spacial score (nSPS) is 14.0. The van der Waals surface area contributed by atoms with Crippen LogP contribution in [0.1, 0.15) is 22.6 Å². The van der Waals surface area contributed by atoms with Crippen molar-refractivity contribution in [3.8, 4) is 0 Å². The maximum atomic E-state index is 4.71. The largest absolute Gasteiger partial charge is 0.325 e. The Labute approximate surface area is 154 Å². The van der Waals surface area contributed by atoms with Gasteiger partial charge < -0.3 is 5.32 Å². The number of aromatic nitrogens is 3. The lowest BCUT2D eigenvalue weighted by atomic mass is 10.0. The highest BCUT2D eigenvalue weighted by Crippen LogP contribution is 2.25. The Bertz CT molecular complexity index is 864. The van der Waals surface area contributed by atoms with Gasteiger partial charge >= 0.3 is 0 Å². The van der Waals surface area contributed by atoms with Crippen molar-refractivity contribution in [3.63, 3.8) is 0 Å². The van der Waals surface area contributed by atoms with E-state index >= 15 is 0 Å². The van der Waals surface area contributed by atoms with Crippen LogP contribution >= 0.6 is 0 Å². The molecule has 1 aliphatic heterocycles. The van der Waals surface area contributed by atoms with Crippen molar-refractivity contribution >= 4 is 11.6 Å². The van der Waals surface area contributed by atoms with Crippen LogP contribution in [0.4, 0.5) is 11.6 Å². The highest BCUT2D eigenvalue weighted by atomic mass is 15.2. The third kappa shape index (κ3) is 3.89. The van der Waals surface area contributed by atoms with E-state index in [9.17, 15) is 0 Å². The lowest BCUT2D eigenvalue weighted by molar-refractivity contribution is 0.253. The Morgan fingerprint density at radius 2 is 1.88 bits per heavy atom. The molecule has 3 heterocycles. The lowest BCUT2D eigenvalue weighted by Gasteiger charge is -2.29. The zero-order valence-corrected chi connectivity index (χ0v) is 15.0. The SMILES string of the molecule is Cc1nc2c(c(Nc3ccccn3)n1)CCN(CCc1ccccc1)C2. The second-order valence-corrected chi connectivity index (χ2v) is 6.65. The minimum Gasteiger partial charge on any atom is -0.325 e. The molecule has 0 fully saturated rings. The summed E-state index contributed by atoms with van der Waals surface area (Å²) < 4.78 is 0. The molecule has 0 spiro atoms. The van der Waals surface area contributed by atoms with E-state index in [1.165, 1.54) is 11.1 Å². The van der Waals surface area contributed by atoms with Crippen LogP contribution in [0.5, 0.6) is 0 Å². The van der Waals surface area contributed by atoms with Crippen molar-refractivity contribution in [2.75, 3.05) is 18.4 Å². The van der Waals surface area contributed by atoms with Gasteiger partial charge in [0.1, 0.15) is 17.5 Å². The van der Waals surface area contributed by atoms with E-state index < -0.39 is 0 Å². The van der Waals surface area contributed by atoms with E-state index in [4.69, 9.17) is 4.98 Å². The van der Waals surface area contributed by atoms with Crippen LogP contribution in [0.15, 0.2) is 54.7 Å². The first kappa shape index (κ1) is 16.7. The van der Waals surface area contributed by atoms with Crippen molar-refractivity contribution in [3.05, 3.63) is 77.4 Å². The number of pyridine rings is 1. The third-order valence-electron chi connectivity index (χ3n) is 4.73. The number of nitrogens with one attached hydrogen (secondary N) is 1. The number of nitrogens with zero attached hydrogens (tertiary/aromatic N) is 4. The molecule has 5 nitrogen and oxygen atoms in total. The molecule has 0 aliphatic carbocycles. The molecule has 0 saturated carbocycles. The van der Waals surface area contributed by atoms with Crippen LogP contribution in [0.3, 0.4) is 0 Å². The topological polar surface area (TPSA) is 53.9 Å². The molecule has 0 radical (unpaired) electrons. The first-order chi connectivity index (χ1) is 12.8. The van der Waals surface area contributed by atoms with Crippen LogP contribution in [0.25, 0.3) is 0 Å². The van der Waals surface area contributed by atoms with E-state index in [-0.39, 0.29) is 0 Å². The smallest absolute Gasteiger partial charge is 0.138 e. The van der Waals surface area contributed by atoms with Crippen LogP contribution in [0.2, 0.25) is 0 Å². The van der Waals surface area contributed by atoms with Crippen molar-refractivity contribution in [1.82, 2.24) is 19.9 Å². The molecule has 3 aromatic rings. The van der Waals surface area contributed by atoms with Crippen molar-refractivity contribution < 1.29 is 0 Å². The molecule has 0 bridgehead atoms. The van der Waals surface area contributed by atoms with Crippen LogP contribution in [-0.4, -0.2) is 32.9 Å². The lowest BCUT2D eigenvalue weighted by Crippen LogP contribution is -2.33. The van der Waals surface area contributed by atoms with E-state index in [2.05, 4.69) is 50.5 Å². The Morgan fingerprint density at radius 1 is 1.04 bits per heavy atom. The molecule has 0 amide bonds. The van der Waals surface area contributed by atoms with Gasteiger partial charge in [-0.1, -0.05) is 36.4 Å². The molecular weight excluding hydrogens is 322 g/mol. The first-order valence-electron chi connectivity index (χ1n) is 9.08. The van der Waals surface area contributed by atoms with Gasteiger partial charge in [0.05, 0.1) is 5.69 Å². The van der Waals surface area contributed by atoms with Gasteiger partial charge in [0.15, 0.2) is 0 Å². The van der Waals surface area contributed by atoms with Gasteiger partial charge in [0.25, 0.3) is 0 Å². The maximum absolute atomic E-state index is 4.71. The van der Waals surface area contributed by atoms with Gasteiger partial charge in [0, 0.05) is 31.4 Å². The summed E-state index contributed by atoms with van der Waals surface area (Å²) >= 11 is 0. The Kier molecular flexibility index (Phi) is 4.88. The van der Waals surface area contributed by atoms with E-state index in [1.54, 1.807) is 6.20 Å². The molecule has 0 unspecified atom stereocenters. The van der Waals surface area contributed by atoms with E-state index in [1.807, 2.05) is 25.1 Å². The van der Waals surface area contributed by atoms with E-state index in [0.29, 0.717) is 0 Å². The van der Waals surface area contributed by atoms with Crippen molar-refractivity contribution in [2.45, 2.75) is 26.3 Å². The average Bonchev–Trinajstić information content (AvgIpc) is 2.67. The monoisotopic (exact) mass is 345 g/mol. The number of anilines is 2. The molecule has 26 heavy (non-hydrogen) atoms. The number of aryl methyl sites for hydroxylation is 1. The van der Waals surface area contributed by atoms with Gasteiger partial charge in [-0.3, -0.25) is 4.90 Å². The Morgan fingerprint density at radius 3 is 2.69 bits per heavy atom. The average molecular weight is 345 g/mol. The van der Waals surface area contributed by atoms with Crippen LogP contribution in [0, 0.1) is 6.92 Å². The highest BCUT2D eigenvalue weighted by Gasteiger charge is 2.21. The number of benzene rings is 1. The molecule has 1 N–H and O–H groups in total. The van der Waals surface area contributed by atoms with Crippen LogP contribution in [-0.2, 0) is 19.4 Å². The Hall–Kier alpha value is -2.79. The fourth-order valence-electron chi connectivity index (χ4n) is 3.39. The zero-order valence-electron chi connectivity index (χ0n) is 15.0. The van der Waals surface area contributed by atoms with Crippen LogP contribution < -0.4 is 5.32 Å². The summed E-state index contributed by atoms with van der Waals surface area (Å²) in [7, 11) is 0. The van der Waals surface area contributed by atoms with Gasteiger partial charge in [0.2, 0.25) is 0 Å². The fourth-order valence-corrected chi connectivity index (χ4v) is 3.39. The first-order valence-corrected chi connectivity index (χ1v) is 9.08. The fraction of sp³-hybridized carbons (Fsp3) is 0.286. The minimum atomic E-state index is 0.798. The molecule has 4 rings (SSSR count). The molecule has 132 valence electrons. The summed E-state index contributed by atoms with van der Waals surface area (Å²) in [4.78, 5) is 16.2. The van der Waals surface area contributed by atoms with Gasteiger partial charge in [-0.05, 0) is 37.5 Å². The van der Waals surface area contributed by atoms with E-state index in [0.717, 1.165) is 55.6 Å². The quantitative estimate of drug-likeness (QED) is 0.767. The predicted molar refractivity (Wildman–Crippen MR) is 103 cm³/mol. The van der Waals surface area contributed by atoms with Gasteiger partial charge in [-0.25, -0.2) is 15.0 Å². The molecule has 1 aliphatic rings. The summed E-state index contributed by atoms with van der Waals surface area (Å²) in [5.74, 6) is 2.51. The molecular formula is C21H23N5. The highest BCUT2D eigenvalue weighted by molar-refractivity contribution is 5.57. The van der Waals surface area contributed by atoms with Gasteiger partial charge in [-0.2, -0.15) is 0 Å². The third-order valence-corrected chi connectivity index (χ3v) is 4.73. The summed E-state index contributed by atoms with van der Waals surface area (Å²) in [6.45, 7) is 4.91. The second kappa shape index (κ2) is 7.62. The molecule has 0 saturated heterocycles. The standard InChI is InChI=1S/C21H23N5/c1-16-23-19-15-26(13-10-17-7-3-2-4-8-17)14-11-18(19)21(24-16)25-20-9-5-6-12-22-20/h2-9,12H,10-11,13-15H2,1H3,(H,22,23,24,25). The summed E-state index contributed by atoms with van der Waals surface area (Å²) in [5, 5.41) is 3.36. The van der Waals surface area contributed by atoms with Crippen molar-refractivity contribution in [2.24, 2.45) is 0 Å². The number of hydrogen-bond donors (Lipinski definition) is 1. The molecule has 1 aromatic carbocycles. The van der Waals surface area contributed by atoms with Gasteiger partial charge in [-0.15, -0.1) is 0 Å². The molecule has 5 heteroatoms. The number of fused-ring (bicyclic) bond motifs is 1.